The van der Waals surface area contributed by atoms with E-state index in [9.17, 15) is 9.59 Å². The summed E-state index contributed by atoms with van der Waals surface area (Å²) in [5, 5.41) is 3.57. The van der Waals surface area contributed by atoms with E-state index >= 15 is 0 Å². The summed E-state index contributed by atoms with van der Waals surface area (Å²) < 4.78 is 0. The van der Waals surface area contributed by atoms with Crippen LogP contribution in [0.4, 0.5) is 0 Å². The van der Waals surface area contributed by atoms with Crippen molar-refractivity contribution in [2.24, 2.45) is 0 Å². The predicted octanol–water partition coefficient (Wildman–Crippen LogP) is 4.58. The van der Waals surface area contributed by atoms with Crippen molar-refractivity contribution < 1.29 is 9.59 Å². The maximum Gasteiger partial charge on any atom is 0.254 e. The second kappa shape index (κ2) is 12.6. The van der Waals surface area contributed by atoms with Crippen molar-refractivity contribution in [1.29, 1.82) is 0 Å². The largest absolute Gasteiger partial charge is 0.334 e. The number of carbonyl (C=O) groups excluding carboxylic acids is 2. The Hall–Kier alpha value is -3.48. The van der Waals surface area contributed by atoms with Gasteiger partial charge in [0.2, 0.25) is 5.91 Å². The molecule has 2 unspecified atom stereocenters. The highest BCUT2D eigenvalue weighted by molar-refractivity contribution is 5.95. The molecule has 2 aliphatic heterocycles. The first-order chi connectivity index (χ1) is 19.0. The lowest BCUT2D eigenvalue weighted by Crippen LogP contribution is -2.55. The number of likely N-dealkylation sites (tertiary alicyclic amines) is 1. The Labute approximate surface area is 232 Å². The lowest BCUT2D eigenvalue weighted by molar-refractivity contribution is -0.135. The van der Waals surface area contributed by atoms with Gasteiger partial charge in [0.1, 0.15) is 0 Å². The van der Waals surface area contributed by atoms with E-state index in [0.29, 0.717) is 32.2 Å². The van der Waals surface area contributed by atoms with E-state index < -0.39 is 0 Å². The Balaban J connectivity index is 1.23. The summed E-state index contributed by atoms with van der Waals surface area (Å²) >= 11 is 0. The second-order valence-corrected chi connectivity index (χ2v) is 11.1. The van der Waals surface area contributed by atoms with Crippen LogP contribution in [0.1, 0.15) is 51.5 Å². The Bertz CT molecular complexity index is 1240. The molecule has 3 aromatic carbocycles. The molecular formula is C33H40N4O2. The number of nitrogens with zero attached hydrogens (tertiary/aromatic N) is 3. The molecule has 2 atom stereocenters. The molecule has 2 heterocycles. The Morgan fingerprint density at radius 1 is 0.846 bits per heavy atom. The van der Waals surface area contributed by atoms with Gasteiger partial charge in [-0.2, -0.15) is 0 Å². The fourth-order valence-corrected chi connectivity index (χ4v) is 6.05. The van der Waals surface area contributed by atoms with E-state index in [0.717, 1.165) is 54.7 Å². The number of hydrogen-bond acceptors (Lipinski definition) is 4. The zero-order valence-electron chi connectivity index (χ0n) is 23.2. The first-order valence-electron chi connectivity index (χ1n) is 14.2. The molecule has 0 aromatic heterocycles. The van der Waals surface area contributed by atoms with E-state index in [1.165, 1.54) is 5.56 Å². The quantitative estimate of drug-likeness (QED) is 0.492. The Morgan fingerprint density at radius 3 is 2.26 bits per heavy atom. The van der Waals surface area contributed by atoms with Crippen molar-refractivity contribution in [3.63, 3.8) is 0 Å². The van der Waals surface area contributed by atoms with Gasteiger partial charge < -0.3 is 15.1 Å². The zero-order valence-corrected chi connectivity index (χ0v) is 23.2. The molecule has 39 heavy (non-hydrogen) atoms. The first kappa shape index (κ1) is 27.1. The third-order valence-corrected chi connectivity index (χ3v) is 7.94. The van der Waals surface area contributed by atoms with E-state index in [2.05, 4.69) is 58.7 Å². The van der Waals surface area contributed by atoms with Gasteiger partial charge in [0.05, 0.1) is 12.6 Å². The number of piperazine rings is 1. The molecule has 0 saturated carbocycles. The number of aryl methyl sites for hydroxylation is 2. The van der Waals surface area contributed by atoms with Crippen molar-refractivity contribution in [3.8, 4) is 0 Å². The van der Waals surface area contributed by atoms with Crippen LogP contribution in [0.3, 0.4) is 0 Å². The molecule has 0 aliphatic carbocycles. The normalized spacial score (nSPS) is 20.2. The molecule has 3 aromatic rings. The molecule has 0 spiro atoms. The number of carbonyl (C=O) groups is 2. The standard InChI is InChI=1S/C33H40N4O2/c1-25-18-26(2)20-29(19-25)33(39)36-16-17-37(31(24-36)28-12-7-4-8-13-28)32(38)21-34-30-14-9-15-35(23-30)22-27-10-5-3-6-11-27/h3-8,10-13,18-20,30-31,34H,9,14-17,21-24H2,1-2H3. The van der Waals surface area contributed by atoms with Crippen LogP contribution in [0.25, 0.3) is 0 Å². The maximum absolute atomic E-state index is 13.6. The number of piperidine rings is 1. The summed E-state index contributed by atoms with van der Waals surface area (Å²) in [4.78, 5) is 33.4. The van der Waals surface area contributed by atoms with Crippen LogP contribution in [-0.2, 0) is 11.3 Å². The lowest BCUT2D eigenvalue weighted by atomic mass is 10.0. The molecular weight excluding hydrogens is 484 g/mol. The van der Waals surface area contributed by atoms with Crippen molar-refractivity contribution in [2.75, 3.05) is 39.3 Å². The summed E-state index contributed by atoms with van der Waals surface area (Å²) in [7, 11) is 0. The first-order valence-corrected chi connectivity index (χ1v) is 14.2. The molecule has 1 N–H and O–H groups in total. The molecule has 6 nitrogen and oxygen atoms in total. The maximum atomic E-state index is 13.6. The smallest absolute Gasteiger partial charge is 0.254 e. The molecule has 2 aliphatic rings. The minimum absolute atomic E-state index is 0.0358. The molecule has 2 saturated heterocycles. The van der Waals surface area contributed by atoms with Crippen LogP contribution < -0.4 is 5.32 Å². The molecule has 2 amide bonds. The van der Waals surface area contributed by atoms with Crippen LogP contribution in [0.5, 0.6) is 0 Å². The van der Waals surface area contributed by atoms with Crippen molar-refractivity contribution >= 4 is 11.8 Å². The number of benzene rings is 3. The van der Waals surface area contributed by atoms with Crippen LogP contribution in [0.2, 0.25) is 0 Å². The SMILES string of the molecule is Cc1cc(C)cc(C(=O)N2CCN(C(=O)CNC3CCCN(Cc4ccccc4)C3)C(c3ccccc3)C2)c1. The minimum atomic E-state index is -0.162. The van der Waals surface area contributed by atoms with Gasteiger partial charge in [0.25, 0.3) is 5.91 Å². The minimum Gasteiger partial charge on any atom is -0.334 e. The Kier molecular flexibility index (Phi) is 8.74. The van der Waals surface area contributed by atoms with Crippen molar-refractivity contribution in [1.82, 2.24) is 20.0 Å². The highest BCUT2D eigenvalue weighted by atomic mass is 16.2. The molecule has 2 fully saturated rings. The highest BCUT2D eigenvalue weighted by Crippen LogP contribution is 2.27. The van der Waals surface area contributed by atoms with Gasteiger partial charge in [-0.15, -0.1) is 0 Å². The topological polar surface area (TPSA) is 55.9 Å². The molecule has 6 heteroatoms. The van der Waals surface area contributed by atoms with Gasteiger partial charge in [-0.1, -0.05) is 77.9 Å². The van der Waals surface area contributed by atoms with E-state index in [1.807, 2.05) is 54.0 Å². The van der Waals surface area contributed by atoms with Crippen LogP contribution >= 0.6 is 0 Å². The average Bonchev–Trinajstić information content (AvgIpc) is 2.96. The van der Waals surface area contributed by atoms with E-state index in [1.54, 1.807) is 0 Å². The predicted molar refractivity (Wildman–Crippen MR) is 155 cm³/mol. The number of rotatable bonds is 7. The molecule has 0 bridgehead atoms. The van der Waals surface area contributed by atoms with Gasteiger partial charge in [-0.25, -0.2) is 0 Å². The van der Waals surface area contributed by atoms with E-state index in [-0.39, 0.29) is 17.9 Å². The van der Waals surface area contributed by atoms with Gasteiger partial charge in [-0.3, -0.25) is 14.5 Å². The molecule has 5 rings (SSSR count). The van der Waals surface area contributed by atoms with Gasteiger partial charge in [0.15, 0.2) is 0 Å². The zero-order chi connectivity index (χ0) is 27.2. The lowest BCUT2D eigenvalue weighted by Gasteiger charge is -2.42. The molecule has 0 radical (unpaired) electrons. The average molecular weight is 525 g/mol. The van der Waals surface area contributed by atoms with E-state index in [4.69, 9.17) is 0 Å². The summed E-state index contributed by atoms with van der Waals surface area (Å²) in [6.07, 6.45) is 2.21. The number of amides is 2. The summed E-state index contributed by atoms with van der Waals surface area (Å²) in [6.45, 7) is 8.90. The van der Waals surface area contributed by atoms with Crippen LogP contribution in [0, 0.1) is 13.8 Å². The van der Waals surface area contributed by atoms with Gasteiger partial charge in [-0.05, 0) is 56.5 Å². The van der Waals surface area contributed by atoms with Crippen molar-refractivity contribution in [2.45, 2.75) is 45.3 Å². The number of nitrogens with one attached hydrogen (secondary N) is 1. The second-order valence-electron chi connectivity index (χ2n) is 11.1. The highest BCUT2D eigenvalue weighted by Gasteiger charge is 2.34. The molecule has 204 valence electrons. The monoisotopic (exact) mass is 524 g/mol. The Morgan fingerprint density at radius 2 is 1.54 bits per heavy atom. The van der Waals surface area contributed by atoms with Crippen LogP contribution in [0.15, 0.2) is 78.9 Å². The van der Waals surface area contributed by atoms with Gasteiger partial charge in [0, 0.05) is 44.3 Å². The fourth-order valence-electron chi connectivity index (χ4n) is 6.05. The summed E-state index contributed by atoms with van der Waals surface area (Å²) in [5.74, 6) is 0.135. The van der Waals surface area contributed by atoms with Crippen LogP contribution in [-0.4, -0.2) is 71.8 Å². The summed E-state index contributed by atoms with van der Waals surface area (Å²) in [6, 6.07) is 26.8. The third kappa shape index (κ3) is 6.94. The van der Waals surface area contributed by atoms with Gasteiger partial charge >= 0.3 is 0 Å². The number of hydrogen-bond donors (Lipinski definition) is 1. The third-order valence-electron chi connectivity index (χ3n) is 7.94. The van der Waals surface area contributed by atoms with Crippen molar-refractivity contribution in [3.05, 3.63) is 107 Å². The summed E-state index contributed by atoms with van der Waals surface area (Å²) in [5.41, 5.74) is 5.28. The fraction of sp³-hybridized carbons (Fsp3) is 0.394.